The first kappa shape index (κ1) is 24.7. The molecular formula is C26H30BrN3O3. The average molecular weight is 512 g/mol. The summed E-state index contributed by atoms with van der Waals surface area (Å²) in [6.07, 6.45) is 2.62. The van der Waals surface area contributed by atoms with Crippen LogP contribution in [0.3, 0.4) is 0 Å². The first-order valence-electron chi connectivity index (χ1n) is 10.9. The number of hydrogen-bond acceptors (Lipinski definition) is 3. The summed E-state index contributed by atoms with van der Waals surface area (Å²) < 4.78 is 8.00. The zero-order valence-corrected chi connectivity index (χ0v) is 20.7. The van der Waals surface area contributed by atoms with E-state index in [4.69, 9.17) is 4.74 Å². The molecular weight excluding hydrogens is 482 g/mol. The molecule has 33 heavy (non-hydrogen) atoms. The second kappa shape index (κ2) is 12.4. The zero-order valence-electron chi connectivity index (χ0n) is 19.1. The van der Waals surface area contributed by atoms with Crippen LogP contribution in [0, 0.1) is 0 Å². The molecule has 3 rings (SSSR count). The quantitative estimate of drug-likeness (QED) is 0.356. The van der Waals surface area contributed by atoms with E-state index in [-0.39, 0.29) is 18.4 Å². The molecule has 1 heterocycles. The van der Waals surface area contributed by atoms with Crippen molar-refractivity contribution >= 4 is 27.7 Å². The lowest BCUT2D eigenvalue weighted by Crippen LogP contribution is -2.43. The topological polar surface area (TPSA) is 54.8 Å². The second-order valence-electron chi connectivity index (χ2n) is 7.93. The smallest absolute Gasteiger partial charge is 0.254 e. The Morgan fingerprint density at radius 1 is 0.970 bits per heavy atom. The van der Waals surface area contributed by atoms with E-state index >= 15 is 0 Å². The van der Waals surface area contributed by atoms with Gasteiger partial charge in [-0.25, -0.2) is 0 Å². The minimum Gasteiger partial charge on any atom is -0.385 e. The van der Waals surface area contributed by atoms with Crippen molar-refractivity contribution in [3.63, 3.8) is 0 Å². The highest BCUT2D eigenvalue weighted by Gasteiger charge is 2.23. The Hall–Kier alpha value is -2.90. The SMILES string of the molecule is COCCCN(CC(=O)N(Cc1ccccc1)Cc1cccn1C)C(=O)c1cccc(Br)c1. The monoisotopic (exact) mass is 511 g/mol. The van der Waals surface area contributed by atoms with Gasteiger partial charge in [-0.3, -0.25) is 9.59 Å². The van der Waals surface area contributed by atoms with Crippen LogP contribution in [0.2, 0.25) is 0 Å². The van der Waals surface area contributed by atoms with Gasteiger partial charge in [-0.15, -0.1) is 0 Å². The summed E-state index contributed by atoms with van der Waals surface area (Å²) in [5.74, 6) is -0.264. The number of amides is 2. The Bertz CT molecular complexity index is 1050. The minimum atomic E-state index is -0.167. The molecule has 0 spiro atoms. The van der Waals surface area contributed by atoms with Crippen LogP contribution in [0.1, 0.15) is 28.0 Å². The van der Waals surface area contributed by atoms with Crippen molar-refractivity contribution in [3.8, 4) is 0 Å². The summed E-state index contributed by atoms with van der Waals surface area (Å²) in [4.78, 5) is 30.2. The molecule has 3 aromatic rings. The lowest BCUT2D eigenvalue weighted by molar-refractivity contribution is -0.133. The van der Waals surface area contributed by atoms with Crippen LogP contribution in [-0.2, 0) is 29.7 Å². The number of nitrogens with zero attached hydrogens (tertiary/aromatic N) is 3. The van der Waals surface area contributed by atoms with E-state index in [0.717, 1.165) is 15.7 Å². The fraction of sp³-hybridized carbons (Fsp3) is 0.308. The number of carbonyl (C=O) groups is 2. The van der Waals surface area contributed by atoms with E-state index in [2.05, 4.69) is 15.9 Å². The molecule has 1 aromatic heterocycles. The second-order valence-corrected chi connectivity index (χ2v) is 8.84. The normalized spacial score (nSPS) is 10.8. The molecule has 0 bridgehead atoms. The largest absolute Gasteiger partial charge is 0.385 e. The Kier molecular flexibility index (Phi) is 9.27. The van der Waals surface area contributed by atoms with Crippen LogP contribution in [0.4, 0.5) is 0 Å². The van der Waals surface area contributed by atoms with Crippen LogP contribution in [0.5, 0.6) is 0 Å². The van der Waals surface area contributed by atoms with E-state index in [1.165, 1.54) is 0 Å². The fourth-order valence-electron chi connectivity index (χ4n) is 3.61. The molecule has 0 aliphatic heterocycles. The van der Waals surface area contributed by atoms with Gasteiger partial charge in [0.05, 0.1) is 6.54 Å². The molecule has 2 amide bonds. The number of rotatable bonds is 11. The first-order valence-corrected chi connectivity index (χ1v) is 11.7. The number of methoxy groups -OCH3 is 1. The molecule has 0 saturated heterocycles. The standard InChI is InChI=1S/C26H30BrN3O3/c1-28-14-7-13-24(28)19-30(18-21-9-4-3-5-10-21)25(31)20-29(15-8-16-33-2)26(32)22-11-6-12-23(27)17-22/h3-7,9-14,17H,8,15-16,18-20H2,1-2H3. The third kappa shape index (κ3) is 7.30. The van der Waals surface area contributed by atoms with E-state index in [9.17, 15) is 9.59 Å². The van der Waals surface area contributed by atoms with Crippen molar-refractivity contribution in [3.05, 3.63) is 94.2 Å². The van der Waals surface area contributed by atoms with E-state index in [1.54, 1.807) is 24.1 Å². The Labute approximate surface area is 203 Å². The summed E-state index contributed by atoms with van der Waals surface area (Å²) >= 11 is 3.43. The third-order valence-corrected chi connectivity index (χ3v) is 5.93. The number of carbonyl (C=O) groups excluding carboxylic acids is 2. The number of ether oxygens (including phenoxy) is 1. The number of hydrogen-bond donors (Lipinski definition) is 0. The van der Waals surface area contributed by atoms with Crippen LogP contribution in [-0.4, -0.2) is 53.0 Å². The first-order chi connectivity index (χ1) is 16.0. The molecule has 2 aromatic carbocycles. The highest BCUT2D eigenvalue weighted by atomic mass is 79.9. The van der Waals surface area contributed by atoms with Crippen molar-refractivity contribution in [2.24, 2.45) is 7.05 Å². The number of benzene rings is 2. The van der Waals surface area contributed by atoms with Gasteiger partial charge in [0.1, 0.15) is 6.54 Å². The predicted octanol–water partition coefficient (Wildman–Crippen LogP) is 4.50. The lowest BCUT2D eigenvalue weighted by atomic mass is 10.2. The molecule has 0 aliphatic carbocycles. The van der Waals surface area contributed by atoms with Gasteiger partial charge in [-0.2, -0.15) is 0 Å². The van der Waals surface area contributed by atoms with Gasteiger partial charge in [0.15, 0.2) is 0 Å². The van der Waals surface area contributed by atoms with Crippen molar-refractivity contribution in [1.82, 2.24) is 14.4 Å². The van der Waals surface area contributed by atoms with E-state index in [1.807, 2.05) is 77.3 Å². The maximum Gasteiger partial charge on any atom is 0.254 e. The van der Waals surface area contributed by atoms with E-state index < -0.39 is 0 Å². The molecule has 0 aliphatic rings. The van der Waals surface area contributed by atoms with Crippen LogP contribution >= 0.6 is 15.9 Å². The Morgan fingerprint density at radius 3 is 2.42 bits per heavy atom. The molecule has 0 atom stereocenters. The molecule has 0 saturated carbocycles. The van der Waals surface area contributed by atoms with Gasteiger partial charge in [0.2, 0.25) is 5.91 Å². The lowest BCUT2D eigenvalue weighted by Gasteiger charge is -2.28. The highest BCUT2D eigenvalue weighted by Crippen LogP contribution is 2.16. The summed E-state index contributed by atoms with van der Waals surface area (Å²) in [5.41, 5.74) is 2.62. The number of aromatic nitrogens is 1. The molecule has 7 heteroatoms. The minimum absolute atomic E-state index is 0.00627. The van der Waals surface area contributed by atoms with E-state index in [0.29, 0.717) is 38.2 Å². The summed E-state index contributed by atoms with van der Waals surface area (Å²) in [6, 6.07) is 21.1. The molecule has 0 unspecified atom stereocenters. The molecule has 174 valence electrons. The van der Waals surface area contributed by atoms with Crippen molar-refractivity contribution in [2.45, 2.75) is 19.5 Å². The highest BCUT2D eigenvalue weighted by molar-refractivity contribution is 9.10. The van der Waals surface area contributed by atoms with Gasteiger partial charge in [0, 0.05) is 55.8 Å². The number of aryl methyl sites for hydroxylation is 1. The summed E-state index contributed by atoms with van der Waals surface area (Å²) in [6.45, 7) is 1.91. The maximum atomic E-state index is 13.5. The van der Waals surface area contributed by atoms with Gasteiger partial charge in [0.25, 0.3) is 5.91 Å². The van der Waals surface area contributed by atoms with Crippen molar-refractivity contribution in [1.29, 1.82) is 0 Å². The fourth-order valence-corrected chi connectivity index (χ4v) is 4.01. The van der Waals surface area contributed by atoms with Crippen LogP contribution in [0.15, 0.2) is 77.4 Å². The third-order valence-electron chi connectivity index (χ3n) is 5.43. The van der Waals surface area contributed by atoms with Gasteiger partial charge < -0.3 is 19.1 Å². The van der Waals surface area contributed by atoms with Gasteiger partial charge >= 0.3 is 0 Å². The van der Waals surface area contributed by atoms with Crippen LogP contribution < -0.4 is 0 Å². The summed E-state index contributed by atoms with van der Waals surface area (Å²) in [5, 5.41) is 0. The molecule has 0 N–H and O–H groups in total. The van der Waals surface area contributed by atoms with Gasteiger partial charge in [-0.05, 0) is 42.3 Å². The molecule has 0 radical (unpaired) electrons. The Morgan fingerprint density at radius 2 is 1.76 bits per heavy atom. The van der Waals surface area contributed by atoms with Crippen molar-refractivity contribution < 1.29 is 14.3 Å². The Balaban J connectivity index is 1.81. The molecule has 0 fully saturated rings. The maximum absolute atomic E-state index is 13.5. The molecule has 6 nitrogen and oxygen atoms in total. The predicted molar refractivity (Wildman–Crippen MR) is 133 cm³/mol. The van der Waals surface area contributed by atoms with Gasteiger partial charge in [-0.1, -0.05) is 52.3 Å². The van der Waals surface area contributed by atoms with Crippen LogP contribution in [0.25, 0.3) is 0 Å². The number of halogens is 1. The van der Waals surface area contributed by atoms with Crippen molar-refractivity contribution in [2.75, 3.05) is 26.8 Å². The zero-order chi connectivity index (χ0) is 23.6. The summed E-state index contributed by atoms with van der Waals surface area (Å²) in [7, 11) is 3.60. The average Bonchev–Trinajstić information content (AvgIpc) is 3.22.